The van der Waals surface area contributed by atoms with Gasteiger partial charge in [0.05, 0.1) is 16.3 Å². The van der Waals surface area contributed by atoms with E-state index in [-0.39, 0.29) is 11.2 Å². The van der Waals surface area contributed by atoms with Crippen LogP contribution in [-0.2, 0) is 4.79 Å². The van der Waals surface area contributed by atoms with Gasteiger partial charge in [-0.1, -0.05) is 53.8 Å². The molecule has 1 amide bonds. The number of rotatable bonds is 3. The summed E-state index contributed by atoms with van der Waals surface area (Å²) in [5, 5.41) is 3.85. The maximum Gasteiger partial charge on any atom is 0.243 e. The minimum atomic E-state index is -0.277. The number of benzene rings is 2. The SMILES string of the molecule is O=C1Nc2ccccc2S[C@@H]1c1sc(N2CCCCC2)nc1-c1ccccc1. The van der Waals surface area contributed by atoms with Gasteiger partial charge >= 0.3 is 0 Å². The number of thiazole rings is 1. The highest BCUT2D eigenvalue weighted by Gasteiger charge is 2.33. The molecule has 0 spiro atoms. The number of aromatic nitrogens is 1. The zero-order chi connectivity index (χ0) is 18.9. The molecule has 4 nitrogen and oxygen atoms in total. The van der Waals surface area contributed by atoms with Crippen LogP contribution in [0.5, 0.6) is 0 Å². The Hall–Kier alpha value is -2.31. The summed E-state index contributed by atoms with van der Waals surface area (Å²) in [5.74, 6) is 0.0368. The Balaban J connectivity index is 1.57. The smallest absolute Gasteiger partial charge is 0.243 e. The number of hydrogen-bond acceptors (Lipinski definition) is 5. The fourth-order valence-corrected chi connectivity index (χ4v) is 6.20. The van der Waals surface area contributed by atoms with Crippen LogP contribution in [0.4, 0.5) is 10.8 Å². The number of carbonyl (C=O) groups is 1. The Labute approximate surface area is 173 Å². The van der Waals surface area contributed by atoms with Gasteiger partial charge in [-0.25, -0.2) is 4.98 Å². The van der Waals surface area contributed by atoms with Crippen LogP contribution in [0, 0.1) is 0 Å². The van der Waals surface area contributed by atoms with Crippen LogP contribution in [0.15, 0.2) is 59.5 Å². The van der Waals surface area contributed by atoms with E-state index in [4.69, 9.17) is 4.98 Å². The molecule has 0 unspecified atom stereocenters. The van der Waals surface area contributed by atoms with Crippen molar-refractivity contribution in [3.05, 3.63) is 59.5 Å². The Kier molecular flexibility index (Phi) is 4.82. The third kappa shape index (κ3) is 3.31. The Morgan fingerprint density at radius 2 is 1.71 bits per heavy atom. The molecule has 28 heavy (non-hydrogen) atoms. The maximum atomic E-state index is 13.0. The average Bonchev–Trinajstić information content (AvgIpc) is 3.20. The van der Waals surface area contributed by atoms with E-state index in [2.05, 4.69) is 28.4 Å². The number of hydrogen-bond donors (Lipinski definition) is 1. The van der Waals surface area contributed by atoms with Gasteiger partial charge in [-0.15, -0.1) is 11.8 Å². The van der Waals surface area contributed by atoms with Crippen LogP contribution < -0.4 is 10.2 Å². The normalized spacial score (nSPS) is 19.2. The Morgan fingerprint density at radius 1 is 0.964 bits per heavy atom. The van der Waals surface area contributed by atoms with E-state index in [1.54, 1.807) is 23.1 Å². The molecule has 0 bridgehead atoms. The lowest BCUT2D eigenvalue weighted by Gasteiger charge is -2.26. The van der Waals surface area contributed by atoms with Crippen LogP contribution in [0.3, 0.4) is 0 Å². The van der Waals surface area contributed by atoms with Gasteiger partial charge in [-0.3, -0.25) is 4.79 Å². The standard InChI is InChI=1S/C22H21N3OS2/c26-21-20(27-17-12-6-5-11-16(17)23-21)19-18(15-9-3-1-4-10-15)24-22(28-19)25-13-7-2-8-14-25/h1,3-6,9-12,20H,2,7-8,13-14H2,(H,23,26)/t20-/m1/s1. The number of carbonyl (C=O) groups excluding carboxylic acids is 1. The predicted octanol–water partition coefficient (Wildman–Crippen LogP) is 5.59. The molecule has 0 radical (unpaired) electrons. The fourth-order valence-electron chi connectivity index (χ4n) is 3.75. The fraction of sp³-hybridized carbons (Fsp3) is 0.273. The number of fused-ring (bicyclic) bond motifs is 1. The quantitative estimate of drug-likeness (QED) is 0.615. The Bertz CT molecular complexity index is 996. The summed E-state index contributed by atoms with van der Waals surface area (Å²) in [6.45, 7) is 2.10. The lowest BCUT2D eigenvalue weighted by atomic mass is 10.1. The van der Waals surface area contributed by atoms with E-state index < -0.39 is 0 Å². The number of para-hydroxylation sites is 1. The average molecular weight is 408 g/mol. The lowest BCUT2D eigenvalue weighted by Crippen LogP contribution is -2.29. The molecule has 6 heteroatoms. The number of amides is 1. The second-order valence-corrected chi connectivity index (χ2v) is 9.26. The van der Waals surface area contributed by atoms with Crippen LogP contribution in [-0.4, -0.2) is 24.0 Å². The first-order valence-electron chi connectivity index (χ1n) is 9.67. The summed E-state index contributed by atoms with van der Waals surface area (Å²) in [5.41, 5.74) is 2.92. The molecule has 1 saturated heterocycles. The lowest BCUT2D eigenvalue weighted by molar-refractivity contribution is -0.115. The molecule has 2 aliphatic heterocycles. The van der Waals surface area contributed by atoms with Crippen LogP contribution >= 0.6 is 23.1 Å². The first kappa shape index (κ1) is 17.8. The van der Waals surface area contributed by atoms with Crippen molar-refractivity contribution in [3.63, 3.8) is 0 Å². The number of thioether (sulfide) groups is 1. The Morgan fingerprint density at radius 3 is 2.54 bits per heavy atom. The van der Waals surface area contributed by atoms with Crippen LogP contribution in [0.2, 0.25) is 0 Å². The van der Waals surface area contributed by atoms with E-state index in [9.17, 15) is 4.79 Å². The molecule has 1 atom stereocenters. The van der Waals surface area contributed by atoms with E-state index in [1.807, 2.05) is 36.4 Å². The summed E-state index contributed by atoms with van der Waals surface area (Å²) >= 11 is 3.31. The van der Waals surface area contributed by atoms with Gasteiger partial charge in [0.15, 0.2) is 5.13 Å². The van der Waals surface area contributed by atoms with Gasteiger partial charge in [0, 0.05) is 23.5 Å². The summed E-state index contributed by atoms with van der Waals surface area (Å²) in [6.07, 6.45) is 3.71. The molecule has 1 fully saturated rings. The summed E-state index contributed by atoms with van der Waals surface area (Å²) in [4.78, 5) is 22.5. The van der Waals surface area contributed by atoms with Crippen molar-refractivity contribution in [2.24, 2.45) is 0 Å². The van der Waals surface area contributed by atoms with E-state index in [1.165, 1.54) is 19.3 Å². The van der Waals surface area contributed by atoms with Crippen molar-refractivity contribution in [3.8, 4) is 11.3 Å². The molecular formula is C22H21N3OS2. The number of nitrogens with one attached hydrogen (secondary N) is 1. The van der Waals surface area contributed by atoms with Gasteiger partial charge in [0.2, 0.25) is 5.91 Å². The molecule has 0 saturated carbocycles. The van der Waals surface area contributed by atoms with Crippen molar-refractivity contribution in [2.75, 3.05) is 23.3 Å². The van der Waals surface area contributed by atoms with Gasteiger partial charge < -0.3 is 10.2 Å². The minimum Gasteiger partial charge on any atom is -0.348 e. The van der Waals surface area contributed by atoms with Crippen molar-refractivity contribution < 1.29 is 4.79 Å². The number of nitrogens with zero attached hydrogens (tertiary/aromatic N) is 2. The van der Waals surface area contributed by atoms with E-state index in [0.717, 1.165) is 44.9 Å². The second-order valence-electron chi connectivity index (χ2n) is 7.11. The predicted molar refractivity (Wildman–Crippen MR) is 117 cm³/mol. The highest BCUT2D eigenvalue weighted by atomic mass is 32.2. The zero-order valence-corrected chi connectivity index (χ0v) is 17.1. The molecule has 5 rings (SSSR count). The highest BCUT2D eigenvalue weighted by Crippen LogP contribution is 2.49. The maximum absolute atomic E-state index is 13.0. The van der Waals surface area contributed by atoms with Crippen LogP contribution in [0.25, 0.3) is 11.3 Å². The summed E-state index contributed by atoms with van der Waals surface area (Å²) in [7, 11) is 0. The molecular weight excluding hydrogens is 386 g/mol. The van der Waals surface area contributed by atoms with Crippen molar-refractivity contribution in [2.45, 2.75) is 29.4 Å². The summed E-state index contributed by atoms with van der Waals surface area (Å²) in [6, 6.07) is 18.2. The second kappa shape index (κ2) is 7.60. The van der Waals surface area contributed by atoms with Gasteiger partial charge in [0.25, 0.3) is 0 Å². The summed E-state index contributed by atoms with van der Waals surface area (Å²) < 4.78 is 0. The zero-order valence-electron chi connectivity index (χ0n) is 15.4. The molecule has 3 heterocycles. The molecule has 1 aromatic heterocycles. The van der Waals surface area contributed by atoms with Gasteiger partial charge in [-0.2, -0.15) is 0 Å². The molecule has 3 aromatic rings. The molecule has 2 aromatic carbocycles. The van der Waals surface area contributed by atoms with E-state index >= 15 is 0 Å². The first-order valence-corrected chi connectivity index (χ1v) is 11.4. The first-order chi connectivity index (χ1) is 13.8. The number of anilines is 2. The van der Waals surface area contributed by atoms with E-state index in [0.29, 0.717) is 0 Å². The topological polar surface area (TPSA) is 45.2 Å². The van der Waals surface area contributed by atoms with Crippen molar-refractivity contribution in [1.29, 1.82) is 0 Å². The monoisotopic (exact) mass is 407 g/mol. The van der Waals surface area contributed by atoms with Crippen LogP contribution in [0.1, 0.15) is 29.4 Å². The molecule has 2 aliphatic rings. The number of piperidine rings is 1. The van der Waals surface area contributed by atoms with Crippen molar-refractivity contribution >= 4 is 39.8 Å². The third-order valence-electron chi connectivity index (χ3n) is 5.18. The third-order valence-corrected chi connectivity index (χ3v) is 7.81. The van der Waals surface area contributed by atoms with Gasteiger partial charge in [0.1, 0.15) is 5.25 Å². The molecule has 142 valence electrons. The molecule has 1 N–H and O–H groups in total. The minimum absolute atomic E-state index is 0.0368. The van der Waals surface area contributed by atoms with Gasteiger partial charge in [-0.05, 0) is 31.4 Å². The van der Waals surface area contributed by atoms with Crippen molar-refractivity contribution in [1.82, 2.24) is 4.98 Å². The largest absolute Gasteiger partial charge is 0.348 e. The highest BCUT2D eigenvalue weighted by molar-refractivity contribution is 8.00. The molecule has 0 aliphatic carbocycles.